The second-order valence-electron chi connectivity index (χ2n) is 9.48. The number of nitrogens with one attached hydrogen (secondary N) is 1. The van der Waals surface area contributed by atoms with Crippen molar-refractivity contribution in [2.24, 2.45) is 0 Å². The Kier molecular flexibility index (Phi) is 10.1. The fourth-order valence-electron chi connectivity index (χ4n) is 3.48. The summed E-state index contributed by atoms with van der Waals surface area (Å²) in [6.07, 6.45) is 0.986. The molecule has 1 unspecified atom stereocenters. The number of methoxy groups -OCH3 is 2. The van der Waals surface area contributed by atoms with E-state index < -0.39 is 40.0 Å². The van der Waals surface area contributed by atoms with Crippen LogP contribution in [0.25, 0.3) is 0 Å². The number of halogens is 2. The molecule has 2 rings (SSSR count). The van der Waals surface area contributed by atoms with Crippen molar-refractivity contribution < 1.29 is 27.5 Å². The van der Waals surface area contributed by atoms with Gasteiger partial charge in [-0.3, -0.25) is 13.9 Å². The van der Waals surface area contributed by atoms with Crippen molar-refractivity contribution in [2.45, 2.75) is 45.8 Å². The fraction of sp³-hybridized carbons (Fsp3) is 0.440. The lowest BCUT2D eigenvalue weighted by molar-refractivity contribution is -0.140. The highest BCUT2D eigenvalue weighted by molar-refractivity contribution is 7.92. The Labute approximate surface area is 228 Å². The monoisotopic (exact) mass is 573 g/mol. The molecule has 0 saturated carbocycles. The molecule has 1 N–H and O–H groups in total. The van der Waals surface area contributed by atoms with Crippen LogP contribution in [-0.4, -0.2) is 63.7 Å². The molecule has 0 saturated heterocycles. The normalized spacial score (nSPS) is 12.5. The zero-order valence-corrected chi connectivity index (χ0v) is 24.3. The van der Waals surface area contributed by atoms with Crippen LogP contribution in [0.5, 0.6) is 11.5 Å². The molecule has 0 aliphatic carbocycles. The third-order valence-electron chi connectivity index (χ3n) is 5.36. The molecule has 0 aliphatic heterocycles. The van der Waals surface area contributed by atoms with Gasteiger partial charge in [0.25, 0.3) is 0 Å². The van der Waals surface area contributed by atoms with Crippen LogP contribution in [0.15, 0.2) is 36.4 Å². The molecule has 0 aliphatic rings. The van der Waals surface area contributed by atoms with E-state index in [1.165, 1.54) is 37.3 Å². The Morgan fingerprint density at radius 3 is 2.22 bits per heavy atom. The third-order valence-corrected chi connectivity index (χ3v) is 7.07. The lowest BCUT2D eigenvalue weighted by atomic mass is 10.1. The summed E-state index contributed by atoms with van der Waals surface area (Å²) in [5, 5.41) is 3.58. The van der Waals surface area contributed by atoms with E-state index in [1.807, 2.05) is 20.8 Å². The average Bonchev–Trinajstić information content (AvgIpc) is 2.79. The minimum atomic E-state index is -3.94. The molecule has 37 heavy (non-hydrogen) atoms. The SMILES string of the molecule is COc1ccc(N(CC(=O)N(Cc2ccc(Cl)cc2Cl)C(C)C(=O)NC(C)(C)C)S(C)(=O)=O)c(OC)c1. The molecule has 2 aromatic carbocycles. The summed E-state index contributed by atoms with van der Waals surface area (Å²) in [7, 11) is -1.09. The molecule has 204 valence electrons. The number of anilines is 1. The first-order valence-electron chi connectivity index (χ1n) is 11.3. The van der Waals surface area contributed by atoms with Crippen molar-refractivity contribution in [3.63, 3.8) is 0 Å². The number of amides is 2. The molecule has 0 radical (unpaired) electrons. The van der Waals surface area contributed by atoms with Gasteiger partial charge in [-0.2, -0.15) is 0 Å². The number of carbonyl (C=O) groups is 2. The number of rotatable bonds is 10. The summed E-state index contributed by atoms with van der Waals surface area (Å²) >= 11 is 12.4. The molecule has 2 amide bonds. The van der Waals surface area contributed by atoms with Gasteiger partial charge < -0.3 is 19.7 Å². The van der Waals surface area contributed by atoms with Crippen molar-refractivity contribution >= 4 is 50.7 Å². The molecular weight excluding hydrogens is 541 g/mol. The minimum Gasteiger partial charge on any atom is -0.497 e. The second kappa shape index (κ2) is 12.2. The Bertz CT molecular complexity index is 1250. The van der Waals surface area contributed by atoms with E-state index >= 15 is 0 Å². The molecular formula is C25H33Cl2N3O6S. The number of hydrogen-bond acceptors (Lipinski definition) is 6. The van der Waals surface area contributed by atoms with Gasteiger partial charge in [0.15, 0.2) is 0 Å². The number of ether oxygens (including phenoxy) is 2. The average molecular weight is 575 g/mol. The van der Waals surface area contributed by atoms with E-state index in [1.54, 1.807) is 25.1 Å². The van der Waals surface area contributed by atoms with Crippen LogP contribution in [0.2, 0.25) is 10.0 Å². The Morgan fingerprint density at radius 2 is 1.70 bits per heavy atom. The van der Waals surface area contributed by atoms with Gasteiger partial charge in [-0.1, -0.05) is 29.3 Å². The summed E-state index contributed by atoms with van der Waals surface area (Å²) in [6.45, 7) is 6.40. The molecule has 0 aromatic heterocycles. The maximum Gasteiger partial charge on any atom is 0.244 e. The van der Waals surface area contributed by atoms with Gasteiger partial charge in [0.2, 0.25) is 21.8 Å². The molecule has 1 atom stereocenters. The van der Waals surface area contributed by atoms with E-state index in [0.717, 1.165) is 10.6 Å². The van der Waals surface area contributed by atoms with Gasteiger partial charge in [-0.05, 0) is 57.5 Å². The number of hydrogen-bond donors (Lipinski definition) is 1. The molecule has 12 heteroatoms. The number of sulfonamides is 1. The minimum absolute atomic E-state index is 0.0507. The lowest BCUT2D eigenvalue weighted by Gasteiger charge is -2.33. The van der Waals surface area contributed by atoms with Crippen molar-refractivity contribution in [3.8, 4) is 11.5 Å². The van der Waals surface area contributed by atoms with E-state index in [9.17, 15) is 18.0 Å². The lowest BCUT2D eigenvalue weighted by Crippen LogP contribution is -2.54. The fourth-order valence-corrected chi connectivity index (χ4v) is 4.80. The quantitative estimate of drug-likeness (QED) is 0.458. The summed E-state index contributed by atoms with van der Waals surface area (Å²) in [5.41, 5.74) is 0.144. The summed E-state index contributed by atoms with van der Waals surface area (Å²) in [6, 6.07) is 8.43. The van der Waals surface area contributed by atoms with Gasteiger partial charge in [-0.15, -0.1) is 0 Å². The third kappa shape index (κ3) is 8.41. The van der Waals surface area contributed by atoms with Gasteiger partial charge in [0.05, 0.1) is 26.2 Å². The van der Waals surface area contributed by atoms with Crippen LogP contribution < -0.4 is 19.1 Å². The van der Waals surface area contributed by atoms with Crippen LogP contribution in [0.4, 0.5) is 5.69 Å². The standard InChI is InChI=1S/C25H33Cl2N3O6S/c1-16(24(32)28-25(2,3)4)29(14-17-8-9-18(26)12-20(17)27)23(31)15-30(37(7,33)34)21-11-10-19(35-5)13-22(21)36-6/h8-13,16H,14-15H2,1-7H3,(H,28,32). The second-order valence-corrected chi connectivity index (χ2v) is 12.2. The van der Waals surface area contributed by atoms with Gasteiger partial charge in [-0.25, -0.2) is 8.42 Å². The van der Waals surface area contributed by atoms with E-state index in [2.05, 4.69) is 5.32 Å². The van der Waals surface area contributed by atoms with E-state index in [0.29, 0.717) is 21.4 Å². The van der Waals surface area contributed by atoms with Crippen molar-refractivity contribution in [3.05, 3.63) is 52.0 Å². The highest BCUT2D eigenvalue weighted by atomic mass is 35.5. The predicted octanol–water partition coefficient (Wildman–Crippen LogP) is 4.11. The van der Waals surface area contributed by atoms with Gasteiger partial charge in [0.1, 0.15) is 24.1 Å². The molecule has 9 nitrogen and oxygen atoms in total. The van der Waals surface area contributed by atoms with Crippen LogP contribution >= 0.6 is 23.2 Å². The largest absolute Gasteiger partial charge is 0.497 e. The molecule has 0 heterocycles. The number of benzene rings is 2. The van der Waals surface area contributed by atoms with Crippen LogP contribution in [0.1, 0.15) is 33.3 Å². The predicted molar refractivity (Wildman–Crippen MR) is 146 cm³/mol. The highest BCUT2D eigenvalue weighted by Crippen LogP contribution is 2.34. The van der Waals surface area contributed by atoms with Crippen LogP contribution in [0, 0.1) is 0 Å². The van der Waals surface area contributed by atoms with Gasteiger partial charge >= 0.3 is 0 Å². The molecule has 2 aromatic rings. The summed E-state index contributed by atoms with van der Waals surface area (Å²) in [4.78, 5) is 28.0. The van der Waals surface area contributed by atoms with Gasteiger partial charge in [0, 0.05) is 28.2 Å². The van der Waals surface area contributed by atoms with E-state index in [4.69, 9.17) is 32.7 Å². The smallest absolute Gasteiger partial charge is 0.244 e. The Hall–Kier alpha value is -2.69. The first kappa shape index (κ1) is 30.5. The van der Waals surface area contributed by atoms with Crippen molar-refractivity contribution in [1.82, 2.24) is 10.2 Å². The summed E-state index contributed by atoms with van der Waals surface area (Å²) < 4.78 is 37.1. The number of carbonyl (C=O) groups excluding carboxylic acids is 2. The van der Waals surface area contributed by atoms with Crippen LogP contribution in [-0.2, 0) is 26.2 Å². The number of nitrogens with zero attached hydrogens (tertiary/aromatic N) is 2. The molecule has 0 bridgehead atoms. The first-order valence-corrected chi connectivity index (χ1v) is 13.9. The Balaban J connectivity index is 2.51. The topological polar surface area (TPSA) is 105 Å². The zero-order chi connectivity index (χ0) is 28.1. The maximum atomic E-state index is 13.7. The van der Waals surface area contributed by atoms with Crippen molar-refractivity contribution in [2.75, 3.05) is 31.3 Å². The van der Waals surface area contributed by atoms with E-state index in [-0.39, 0.29) is 18.0 Å². The maximum absolute atomic E-state index is 13.7. The van der Waals surface area contributed by atoms with Crippen LogP contribution in [0.3, 0.4) is 0 Å². The molecule has 0 fully saturated rings. The summed E-state index contributed by atoms with van der Waals surface area (Å²) in [5.74, 6) is -0.375. The highest BCUT2D eigenvalue weighted by Gasteiger charge is 2.32. The first-order chi connectivity index (χ1) is 17.1. The molecule has 0 spiro atoms. The zero-order valence-electron chi connectivity index (χ0n) is 22.0. The van der Waals surface area contributed by atoms with Crippen molar-refractivity contribution in [1.29, 1.82) is 0 Å². The Morgan fingerprint density at radius 1 is 1.05 bits per heavy atom.